The van der Waals surface area contributed by atoms with Gasteiger partial charge in [0.15, 0.2) is 0 Å². The average molecular weight is 293 g/mol. The first-order valence-electron chi connectivity index (χ1n) is 6.10. The summed E-state index contributed by atoms with van der Waals surface area (Å²) in [6.07, 6.45) is 0. The highest BCUT2D eigenvalue weighted by Gasteiger charge is 2.09. The number of carbonyl (C=O) groups is 1. The molecule has 0 unspecified atom stereocenters. The van der Waals surface area contributed by atoms with Gasteiger partial charge in [0.1, 0.15) is 0 Å². The maximum atomic E-state index is 11.7. The molecule has 0 radical (unpaired) electrons. The average Bonchev–Trinajstić information content (AvgIpc) is 2.92. The molecule has 0 aliphatic carbocycles. The van der Waals surface area contributed by atoms with Gasteiger partial charge in [0.05, 0.1) is 18.9 Å². The first-order valence-corrected chi connectivity index (χ1v) is 7.08. The van der Waals surface area contributed by atoms with Crippen LogP contribution in [-0.4, -0.2) is 43.6 Å². The SMILES string of the molecule is O=C(CSc1nnnn1CCO)NCc1ccccc1. The van der Waals surface area contributed by atoms with Crippen LogP contribution in [0.2, 0.25) is 0 Å². The van der Waals surface area contributed by atoms with Crippen LogP contribution >= 0.6 is 11.8 Å². The van der Waals surface area contributed by atoms with E-state index in [2.05, 4.69) is 20.8 Å². The summed E-state index contributed by atoms with van der Waals surface area (Å²) in [5.74, 6) is 0.149. The summed E-state index contributed by atoms with van der Waals surface area (Å²) < 4.78 is 1.47. The van der Waals surface area contributed by atoms with Gasteiger partial charge in [-0.15, -0.1) is 5.10 Å². The Morgan fingerprint density at radius 2 is 2.15 bits per heavy atom. The Labute approximate surface area is 120 Å². The highest BCUT2D eigenvalue weighted by molar-refractivity contribution is 7.99. The van der Waals surface area contributed by atoms with Crippen molar-refractivity contribution in [2.45, 2.75) is 18.2 Å². The molecule has 1 aromatic heterocycles. The molecule has 1 heterocycles. The summed E-state index contributed by atoms with van der Waals surface area (Å²) in [5, 5.41) is 23.2. The van der Waals surface area contributed by atoms with Crippen molar-refractivity contribution in [2.75, 3.05) is 12.4 Å². The quantitative estimate of drug-likeness (QED) is 0.702. The molecule has 0 saturated carbocycles. The normalized spacial score (nSPS) is 10.4. The van der Waals surface area contributed by atoms with Crippen molar-refractivity contribution in [3.8, 4) is 0 Å². The number of thioether (sulfide) groups is 1. The molecule has 2 N–H and O–H groups in total. The van der Waals surface area contributed by atoms with Crippen molar-refractivity contribution >= 4 is 17.7 Å². The predicted octanol–water partition coefficient (Wildman–Crippen LogP) is 0.0739. The van der Waals surface area contributed by atoms with E-state index in [1.54, 1.807) is 0 Å². The van der Waals surface area contributed by atoms with E-state index in [4.69, 9.17) is 5.11 Å². The standard InChI is InChI=1S/C12H15N5O2S/c18-7-6-17-12(14-15-16-17)20-9-11(19)13-8-10-4-2-1-3-5-10/h1-5,18H,6-9H2,(H,13,19). The summed E-state index contributed by atoms with van der Waals surface area (Å²) >= 11 is 1.24. The number of aliphatic hydroxyl groups is 1. The van der Waals surface area contributed by atoms with Crippen molar-refractivity contribution < 1.29 is 9.90 Å². The molecule has 0 spiro atoms. The monoisotopic (exact) mass is 293 g/mol. The van der Waals surface area contributed by atoms with E-state index in [1.807, 2.05) is 30.3 Å². The topological polar surface area (TPSA) is 92.9 Å². The minimum Gasteiger partial charge on any atom is -0.394 e. The molecular formula is C12H15N5O2S. The molecule has 0 fully saturated rings. The van der Waals surface area contributed by atoms with E-state index in [-0.39, 0.29) is 18.3 Å². The van der Waals surface area contributed by atoms with Crippen molar-refractivity contribution in [2.24, 2.45) is 0 Å². The summed E-state index contributed by atoms with van der Waals surface area (Å²) in [6.45, 7) is 0.779. The fraction of sp³-hybridized carbons (Fsp3) is 0.333. The highest BCUT2D eigenvalue weighted by Crippen LogP contribution is 2.12. The lowest BCUT2D eigenvalue weighted by atomic mass is 10.2. The van der Waals surface area contributed by atoms with Crippen LogP contribution in [-0.2, 0) is 17.9 Å². The van der Waals surface area contributed by atoms with E-state index in [0.717, 1.165) is 5.56 Å². The summed E-state index contributed by atoms with van der Waals surface area (Å²) in [4.78, 5) is 11.7. The first kappa shape index (κ1) is 14.5. The number of aliphatic hydroxyl groups excluding tert-OH is 1. The molecule has 0 saturated heterocycles. The molecule has 1 aromatic carbocycles. The number of benzene rings is 1. The maximum Gasteiger partial charge on any atom is 0.230 e. The zero-order chi connectivity index (χ0) is 14.2. The Kier molecular flexibility index (Phi) is 5.51. The minimum absolute atomic E-state index is 0.0429. The number of amides is 1. The number of nitrogens with zero attached hydrogens (tertiary/aromatic N) is 4. The van der Waals surface area contributed by atoms with Gasteiger partial charge in [0, 0.05) is 6.54 Å². The molecule has 106 valence electrons. The number of aromatic nitrogens is 4. The van der Waals surface area contributed by atoms with Crippen molar-refractivity contribution in [3.63, 3.8) is 0 Å². The van der Waals surface area contributed by atoms with Gasteiger partial charge in [-0.25, -0.2) is 4.68 Å². The van der Waals surface area contributed by atoms with Crippen LogP contribution in [0.15, 0.2) is 35.5 Å². The number of hydrogen-bond acceptors (Lipinski definition) is 6. The van der Waals surface area contributed by atoms with E-state index in [9.17, 15) is 4.79 Å². The molecular weight excluding hydrogens is 278 g/mol. The maximum absolute atomic E-state index is 11.7. The Bertz CT molecular complexity index is 546. The largest absolute Gasteiger partial charge is 0.394 e. The van der Waals surface area contributed by atoms with Crippen LogP contribution in [0.25, 0.3) is 0 Å². The van der Waals surface area contributed by atoms with Gasteiger partial charge in [-0.3, -0.25) is 4.79 Å². The smallest absolute Gasteiger partial charge is 0.230 e. The van der Waals surface area contributed by atoms with Crippen LogP contribution in [0.4, 0.5) is 0 Å². The summed E-state index contributed by atoms with van der Waals surface area (Å²) in [7, 11) is 0. The first-order chi connectivity index (χ1) is 9.79. The molecule has 0 aliphatic heterocycles. The number of carbonyl (C=O) groups excluding carboxylic acids is 1. The molecule has 7 nitrogen and oxygen atoms in total. The lowest BCUT2D eigenvalue weighted by Crippen LogP contribution is -2.24. The van der Waals surface area contributed by atoms with E-state index < -0.39 is 0 Å². The van der Waals surface area contributed by atoms with Gasteiger partial charge >= 0.3 is 0 Å². The van der Waals surface area contributed by atoms with Crippen LogP contribution in [0.3, 0.4) is 0 Å². The zero-order valence-corrected chi connectivity index (χ0v) is 11.6. The van der Waals surface area contributed by atoms with Crippen molar-refractivity contribution in [3.05, 3.63) is 35.9 Å². The van der Waals surface area contributed by atoms with Gasteiger partial charge in [0.25, 0.3) is 0 Å². The summed E-state index contributed by atoms with van der Waals surface area (Å²) in [6, 6.07) is 9.70. The Hall–Kier alpha value is -1.93. The van der Waals surface area contributed by atoms with Gasteiger partial charge < -0.3 is 10.4 Å². The van der Waals surface area contributed by atoms with Crippen LogP contribution < -0.4 is 5.32 Å². The van der Waals surface area contributed by atoms with Gasteiger partial charge in [-0.2, -0.15) is 0 Å². The Morgan fingerprint density at radius 3 is 2.90 bits per heavy atom. The molecule has 0 bridgehead atoms. The third kappa shape index (κ3) is 4.32. The zero-order valence-electron chi connectivity index (χ0n) is 10.8. The lowest BCUT2D eigenvalue weighted by Gasteiger charge is -2.05. The van der Waals surface area contributed by atoms with E-state index in [1.165, 1.54) is 16.4 Å². The third-order valence-electron chi connectivity index (χ3n) is 2.48. The Morgan fingerprint density at radius 1 is 1.35 bits per heavy atom. The molecule has 1 amide bonds. The second kappa shape index (κ2) is 7.61. The van der Waals surface area contributed by atoms with Crippen LogP contribution in [0.1, 0.15) is 5.56 Å². The summed E-state index contributed by atoms with van der Waals surface area (Å²) in [5.41, 5.74) is 1.05. The fourth-order valence-electron chi connectivity index (χ4n) is 1.51. The lowest BCUT2D eigenvalue weighted by molar-refractivity contribution is -0.118. The molecule has 2 aromatic rings. The number of nitrogens with one attached hydrogen (secondary N) is 1. The van der Waals surface area contributed by atoms with Crippen molar-refractivity contribution in [1.82, 2.24) is 25.5 Å². The Balaban J connectivity index is 1.76. The van der Waals surface area contributed by atoms with Gasteiger partial charge in [-0.05, 0) is 16.0 Å². The second-order valence-electron chi connectivity index (χ2n) is 3.96. The van der Waals surface area contributed by atoms with Crippen molar-refractivity contribution in [1.29, 1.82) is 0 Å². The van der Waals surface area contributed by atoms with E-state index in [0.29, 0.717) is 18.2 Å². The van der Waals surface area contributed by atoms with E-state index >= 15 is 0 Å². The fourth-order valence-corrected chi connectivity index (χ4v) is 2.25. The minimum atomic E-state index is -0.0857. The number of tetrazole rings is 1. The molecule has 8 heteroatoms. The van der Waals surface area contributed by atoms with Crippen LogP contribution in [0.5, 0.6) is 0 Å². The van der Waals surface area contributed by atoms with Crippen LogP contribution in [0, 0.1) is 0 Å². The molecule has 20 heavy (non-hydrogen) atoms. The predicted molar refractivity (Wildman–Crippen MR) is 73.9 cm³/mol. The number of hydrogen-bond donors (Lipinski definition) is 2. The van der Waals surface area contributed by atoms with Gasteiger partial charge in [-0.1, -0.05) is 42.1 Å². The van der Waals surface area contributed by atoms with Gasteiger partial charge in [0.2, 0.25) is 11.1 Å². The molecule has 2 rings (SSSR count). The molecule has 0 atom stereocenters. The number of rotatable bonds is 7. The third-order valence-corrected chi connectivity index (χ3v) is 3.43. The highest BCUT2D eigenvalue weighted by atomic mass is 32.2. The second-order valence-corrected chi connectivity index (χ2v) is 4.90. The molecule has 0 aliphatic rings.